The van der Waals surface area contributed by atoms with Crippen LogP contribution in [0.4, 0.5) is 0 Å². The fraction of sp³-hybridized carbons (Fsp3) is 0.423. The van der Waals surface area contributed by atoms with E-state index < -0.39 is 8.32 Å². The van der Waals surface area contributed by atoms with Crippen LogP contribution in [0.2, 0.25) is 5.04 Å². The van der Waals surface area contributed by atoms with Gasteiger partial charge in [-0.1, -0.05) is 92.8 Å². The molecule has 1 aliphatic rings. The van der Waals surface area contributed by atoms with E-state index in [0.29, 0.717) is 18.2 Å². The van der Waals surface area contributed by atoms with Gasteiger partial charge in [0.1, 0.15) is 12.7 Å². The van der Waals surface area contributed by atoms with Gasteiger partial charge in [-0.05, 0) is 22.3 Å². The van der Waals surface area contributed by atoms with Gasteiger partial charge in [0.05, 0.1) is 11.8 Å². The van der Waals surface area contributed by atoms with Gasteiger partial charge in [0.2, 0.25) is 0 Å². The number of thiazole rings is 1. The second-order valence-corrected chi connectivity index (χ2v) is 14.5. The molecule has 7 heteroatoms. The quantitative estimate of drug-likeness (QED) is 0.441. The van der Waals surface area contributed by atoms with E-state index in [4.69, 9.17) is 18.6 Å². The molecule has 1 fully saturated rings. The maximum Gasteiger partial charge on any atom is 0.273 e. The molecule has 0 N–H and O–H groups in total. The molecule has 5 nitrogen and oxygen atoms in total. The van der Waals surface area contributed by atoms with Crippen LogP contribution in [0, 0.1) is 6.92 Å². The van der Waals surface area contributed by atoms with Crippen molar-refractivity contribution in [1.29, 1.82) is 0 Å². The van der Waals surface area contributed by atoms with Crippen molar-refractivity contribution < 1.29 is 18.6 Å². The summed E-state index contributed by atoms with van der Waals surface area (Å²) in [5.41, 5.74) is 0.956. The van der Waals surface area contributed by atoms with Crippen LogP contribution in [-0.4, -0.2) is 45.5 Å². The molecule has 3 atom stereocenters. The van der Waals surface area contributed by atoms with Crippen LogP contribution >= 0.6 is 11.3 Å². The van der Waals surface area contributed by atoms with Crippen molar-refractivity contribution in [3.63, 3.8) is 0 Å². The highest BCUT2D eigenvalue weighted by Gasteiger charge is 2.53. The lowest BCUT2D eigenvalue weighted by atomic mass is 10.2. The molecule has 0 radical (unpaired) electrons. The van der Waals surface area contributed by atoms with Gasteiger partial charge in [-0.25, -0.2) is 4.98 Å². The van der Waals surface area contributed by atoms with Crippen LogP contribution in [0.5, 0.6) is 5.19 Å². The highest BCUT2D eigenvalue weighted by atomic mass is 32.1. The second-order valence-electron chi connectivity index (χ2n) is 9.46. The number of methoxy groups -OCH3 is 1. The lowest BCUT2D eigenvalue weighted by molar-refractivity contribution is -0.124. The second kappa shape index (κ2) is 10.1. The summed E-state index contributed by atoms with van der Waals surface area (Å²) in [6.45, 7) is 9.19. The van der Waals surface area contributed by atoms with Crippen molar-refractivity contribution in [3.05, 3.63) is 71.7 Å². The minimum atomic E-state index is -2.71. The Morgan fingerprint density at radius 1 is 1.03 bits per heavy atom. The molecule has 1 saturated heterocycles. The number of hydrogen-bond donors (Lipinski definition) is 0. The Bertz CT molecular complexity index is 982. The molecule has 0 amide bonds. The monoisotopic (exact) mass is 483 g/mol. The van der Waals surface area contributed by atoms with E-state index in [9.17, 15) is 0 Å². The van der Waals surface area contributed by atoms with Crippen LogP contribution in [-0.2, 0) is 13.9 Å². The predicted octanol–water partition coefficient (Wildman–Crippen LogP) is 4.54. The summed E-state index contributed by atoms with van der Waals surface area (Å²) in [5.74, 6) is 0. The third-order valence-corrected chi connectivity index (χ3v) is 12.1. The number of ether oxygens (including phenoxy) is 3. The van der Waals surface area contributed by atoms with Crippen LogP contribution in [0.1, 0.15) is 32.9 Å². The summed E-state index contributed by atoms with van der Waals surface area (Å²) in [5, 5.41) is 5.03. The third-order valence-electron chi connectivity index (χ3n) is 6.14. The standard InChI is InChI=1S/C26H33NO4SSi/c1-19-18-32-25(27-19)29-17-23-22(16-24(28-5)30-23)31-33(26(2,3)4,20-12-8-6-9-13-20)21-14-10-7-11-15-21/h6-15,18,22-24H,16-17H2,1-5H3/t22-,23+,24?/m0/s1. The molecule has 1 aromatic heterocycles. The van der Waals surface area contributed by atoms with Crippen LogP contribution < -0.4 is 15.1 Å². The Morgan fingerprint density at radius 3 is 2.12 bits per heavy atom. The zero-order chi connectivity index (χ0) is 23.5. The minimum Gasteiger partial charge on any atom is -0.467 e. The first-order chi connectivity index (χ1) is 15.8. The first-order valence-corrected chi connectivity index (χ1v) is 14.1. The molecular weight excluding hydrogens is 450 g/mol. The molecule has 2 aromatic carbocycles. The molecule has 4 rings (SSSR count). The zero-order valence-electron chi connectivity index (χ0n) is 20.0. The summed E-state index contributed by atoms with van der Waals surface area (Å²) in [6.07, 6.45) is -0.0747. The van der Waals surface area contributed by atoms with Gasteiger partial charge < -0.3 is 18.6 Å². The van der Waals surface area contributed by atoms with E-state index in [1.165, 1.54) is 21.7 Å². The van der Waals surface area contributed by atoms with Gasteiger partial charge in [0.15, 0.2) is 6.29 Å². The molecule has 0 aliphatic carbocycles. The Balaban J connectivity index is 1.70. The van der Waals surface area contributed by atoms with E-state index in [0.717, 1.165) is 5.69 Å². The maximum absolute atomic E-state index is 7.31. The number of rotatable bonds is 8. The number of hydrogen-bond acceptors (Lipinski definition) is 6. The Labute approximate surface area is 201 Å². The summed E-state index contributed by atoms with van der Waals surface area (Å²) in [4.78, 5) is 4.42. The van der Waals surface area contributed by atoms with Crippen LogP contribution in [0.25, 0.3) is 0 Å². The first kappa shape index (κ1) is 24.1. The van der Waals surface area contributed by atoms with Crippen molar-refractivity contribution in [1.82, 2.24) is 4.98 Å². The van der Waals surface area contributed by atoms with E-state index in [1.54, 1.807) is 7.11 Å². The first-order valence-electron chi connectivity index (χ1n) is 11.4. The summed E-state index contributed by atoms with van der Waals surface area (Å²) < 4.78 is 25.1. The fourth-order valence-electron chi connectivity index (χ4n) is 4.57. The summed E-state index contributed by atoms with van der Waals surface area (Å²) in [6, 6.07) is 21.3. The molecule has 0 spiro atoms. The number of benzene rings is 2. The van der Waals surface area contributed by atoms with Gasteiger partial charge in [-0.3, -0.25) is 0 Å². The molecule has 2 heterocycles. The summed E-state index contributed by atoms with van der Waals surface area (Å²) in [7, 11) is -1.03. The van der Waals surface area contributed by atoms with Crippen LogP contribution in [0.15, 0.2) is 66.0 Å². The smallest absolute Gasteiger partial charge is 0.273 e. The lowest BCUT2D eigenvalue weighted by Crippen LogP contribution is -2.68. The molecule has 1 unspecified atom stereocenters. The van der Waals surface area contributed by atoms with E-state index in [1.807, 2.05) is 12.3 Å². The Morgan fingerprint density at radius 2 is 1.64 bits per heavy atom. The number of nitrogens with zero attached hydrogens (tertiary/aromatic N) is 1. The highest BCUT2D eigenvalue weighted by molar-refractivity contribution is 7.11. The molecule has 1 aliphatic heterocycles. The normalized spacial score (nSPS) is 21.3. The van der Waals surface area contributed by atoms with Crippen LogP contribution in [0.3, 0.4) is 0 Å². The molecule has 3 aromatic rings. The molecule has 0 bridgehead atoms. The van der Waals surface area contributed by atoms with Crippen molar-refractivity contribution in [2.24, 2.45) is 0 Å². The Hall–Kier alpha value is -2.03. The van der Waals surface area contributed by atoms with Crippen molar-refractivity contribution in [2.45, 2.75) is 57.7 Å². The Kier molecular flexibility index (Phi) is 7.36. The van der Waals surface area contributed by atoms with E-state index in [-0.39, 0.29) is 23.5 Å². The highest BCUT2D eigenvalue weighted by Crippen LogP contribution is 2.40. The van der Waals surface area contributed by atoms with E-state index in [2.05, 4.69) is 86.4 Å². The van der Waals surface area contributed by atoms with Crippen molar-refractivity contribution >= 4 is 30.0 Å². The third kappa shape index (κ3) is 5.07. The lowest BCUT2D eigenvalue weighted by Gasteiger charge is -2.45. The van der Waals surface area contributed by atoms with Gasteiger partial charge in [-0.2, -0.15) is 0 Å². The minimum absolute atomic E-state index is 0.112. The van der Waals surface area contributed by atoms with Gasteiger partial charge >= 0.3 is 0 Å². The topological polar surface area (TPSA) is 49.8 Å². The molecular formula is C26H33NO4SSi. The average Bonchev–Trinajstić information content (AvgIpc) is 3.41. The largest absolute Gasteiger partial charge is 0.467 e. The van der Waals surface area contributed by atoms with Gasteiger partial charge in [-0.15, -0.1) is 0 Å². The number of aryl methyl sites for hydroxylation is 1. The molecule has 176 valence electrons. The summed E-state index contributed by atoms with van der Waals surface area (Å²) >= 11 is 1.50. The van der Waals surface area contributed by atoms with E-state index >= 15 is 0 Å². The predicted molar refractivity (Wildman–Crippen MR) is 135 cm³/mol. The van der Waals surface area contributed by atoms with Gasteiger partial charge in [0, 0.05) is 18.9 Å². The SMILES string of the molecule is COC1C[C@H](O[Si](c2ccccc2)(c2ccccc2)C(C)(C)C)[C@@H](COc2nc(C)cs2)O1. The van der Waals surface area contributed by atoms with Crippen molar-refractivity contribution in [3.8, 4) is 5.19 Å². The number of aromatic nitrogens is 1. The van der Waals surface area contributed by atoms with Gasteiger partial charge in [0.25, 0.3) is 13.5 Å². The maximum atomic E-state index is 7.31. The molecule has 33 heavy (non-hydrogen) atoms. The fourth-order valence-corrected chi connectivity index (χ4v) is 9.95. The molecule has 0 saturated carbocycles. The zero-order valence-corrected chi connectivity index (χ0v) is 21.8. The average molecular weight is 484 g/mol. The van der Waals surface area contributed by atoms with Crippen molar-refractivity contribution in [2.75, 3.05) is 13.7 Å².